The normalized spacial score (nSPS) is 26.6. The predicted octanol–water partition coefficient (Wildman–Crippen LogP) is 5.98. The minimum Gasteiger partial charge on any atom is -0.507 e. The summed E-state index contributed by atoms with van der Waals surface area (Å²) in [5.41, 5.74) is 2.42. The number of hydrogen-bond donors (Lipinski definition) is 1. The zero-order valence-electron chi connectivity index (χ0n) is 19.5. The molecule has 1 aromatic carbocycles. The van der Waals surface area contributed by atoms with Gasteiger partial charge in [-0.2, -0.15) is 9.78 Å². The Morgan fingerprint density at radius 2 is 1.74 bits per heavy atom. The van der Waals surface area contributed by atoms with Gasteiger partial charge in [-0.1, -0.05) is 19.9 Å². The van der Waals surface area contributed by atoms with Crippen LogP contribution in [-0.4, -0.2) is 38.2 Å². The highest BCUT2D eigenvalue weighted by Crippen LogP contribution is 2.58. The largest absolute Gasteiger partial charge is 0.507 e. The van der Waals surface area contributed by atoms with E-state index < -0.39 is 6.30 Å². The molecule has 34 heavy (non-hydrogen) atoms. The Kier molecular flexibility index (Phi) is 5.15. The van der Waals surface area contributed by atoms with Crippen molar-refractivity contribution in [3.63, 3.8) is 0 Å². The van der Waals surface area contributed by atoms with Crippen LogP contribution in [0.1, 0.15) is 46.0 Å². The van der Waals surface area contributed by atoms with E-state index in [1.54, 1.807) is 12.1 Å². The molecule has 1 N–H and O–H groups in total. The maximum atomic E-state index is 12.8. The van der Waals surface area contributed by atoms with Gasteiger partial charge in [-0.15, -0.1) is 23.4 Å². The number of phenolic OH excluding ortho intramolecular Hbond substituents is 1. The van der Waals surface area contributed by atoms with Crippen LogP contribution < -0.4 is 4.90 Å². The van der Waals surface area contributed by atoms with Crippen LogP contribution >= 0.6 is 0 Å². The second-order valence-electron chi connectivity index (χ2n) is 10.6. The third-order valence-electron chi connectivity index (χ3n) is 7.65. The summed E-state index contributed by atoms with van der Waals surface area (Å²) in [5.74, 6) is 0.704. The third kappa shape index (κ3) is 4.12. The summed E-state index contributed by atoms with van der Waals surface area (Å²) in [6.45, 7) is 4.79. The van der Waals surface area contributed by atoms with Crippen LogP contribution in [0.3, 0.4) is 0 Å². The number of nitrogens with zero attached hydrogens (tertiary/aromatic N) is 5. The molecule has 3 aromatic rings. The van der Waals surface area contributed by atoms with Gasteiger partial charge in [0.1, 0.15) is 5.75 Å². The number of halogens is 3. The van der Waals surface area contributed by atoms with E-state index >= 15 is 0 Å². The number of fused-ring (bicyclic) bond motifs is 2. The smallest absolute Gasteiger partial charge is 0.504 e. The fourth-order valence-electron chi connectivity index (χ4n) is 6.03. The Bertz CT molecular complexity index is 1190. The van der Waals surface area contributed by atoms with Crippen molar-refractivity contribution in [2.75, 3.05) is 11.9 Å². The van der Waals surface area contributed by atoms with E-state index in [2.05, 4.69) is 41.1 Å². The molecule has 0 saturated heterocycles. The number of alkyl halides is 3. The second-order valence-corrected chi connectivity index (χ2v) is 10.6. The molecule has 2 aliphatic carbocycles. The molecule has 0 radical (unpaired) electrons. The molecular weight excluding hydrogens is 443 g/mol. The van der Waals surface area contributed by atoms with Gasteiger partial charge in [-0.25, -0.2) is 0 Å². The molecule has 2 aliphatic rings. The topological polar surface area (TPSA) is 67.1 Å². The van der Waals surface area contributed by atoms with E-state index in [0.29, 0.717) is 33.7 Å². The van der Waals surface area contributed by atoms with Gasteiger partial charge >= 0.3 is 6.30 Å². The molecule has 2 fully saturated rings. The number of aromatic nitrogens is 4. The number of rotatable bonds is 4. The zero-order valence-corrected chi connectivity index (χ0v) is 19.5. The molecule has 0 aliphatic heterocycles. The first kappa shape index (κ1) is 22.7. The lowest BCUT2D eigenvalue weighted by Crippen LogP contribution is -2.42. The van der Waals surface area contributed by atoms with Crippen molar-refractivity contribution in [1.82, 2.24) is 20.0 Å². The Morgan fingerprint density at radius 1 is 1.03 bits per heavy atom. The number of phenols is 1. The van der Waals surface area contributed by atoms with Crippen molar-refractivity contribution in [2.45, 2.75) is 58.3 Å². The van der Waals surface area contributed by atoms with Gasteiger partial charge < -0.3 is 10.0 Å². The van der Waals surface area contributed by atoms with Crippen molar-refractivity contribution in [1.29, 1.82) is 0 Å². The zero-order chi connectivity index (χ0) is 24.3. The SMILES string of the molecule is CN(c1ccc(-c2ccc(-c3cnn(C(F)(F)F)c3)cc2O)nn1)C1C[C@]2(C)CC[C@](C)(C1)C2. The fourth-order valence-corrected chi connectivity index (χ4v) is 6.03. The van der Waals surface area contributed by atoms with E-state index in [-0.39, 0.29) is 16.0 Å². The van der Waals surface area contributed by atoms with E-state index in [4.69, 9.17) is 0 Å². The average molecular weight is 472 g/mol. The van der Waals surface area contributed by atoms with Crippen LogP contribution in [0.5, 0.6) is 5.75 Å². The summed E-state index contributed by atoms with van der Waals surface area (Å²) in [6, 6.07) is 8.81. The highest BCUT2D eigenvalue weighted by atomic mass is 19.4. The van der Waals surface area contributed by atoms with Crippen LogP contribution in [0, 0.1) is 10.8 Å². The van der Waals surface area contributed by atoms with E-state index in [0.717, 1.165) is 31.1 Å². The molecule has 0 spiro atoms. The Labute approximate surface area is 196 Å². The maximum Gasteiger partial charge on any atom is 0.504 e. The summed E-state index contributed by atoms with van der Waals surface area (Å²) in [5, 5.41) is 22.7. The quantitative estimate of drug-likeness (QED) is 0.507. The van der Waals surface area contributed by atoms with E-state index in [1.807, 2.05) is 12.1 Å². The highest BCUT2D eigenvalue weighted by molar-refractivity contribution is 5.74. The molecule has 2 bridgehead atoms. The van der Waals surface area contributed by atoms with Crippen molar-refractivity contribution < 1.29 is 18.3 Å². The number of aromatic hydroxyl groups is 1. The van der Waals surface area contributed by atoms with Gasteiger partial charge in [0.25, 0.3) is 0 Å². The van der Waals surface area contributed by atoms with Gasteiger partial charge in [0, 0.05) is 30.4 Å². The molecule has 2 aromatic heterocycles. The third-order valence-corrected chi connectivity index (χ3v) is 7.65. The molecule has 180 valence electrons. The molecular formula is C25H28F3N5O. The highest BCUT2D eigenvalue weighted by Gasteiger charge is 2.50. The van der Waals surface area contributed by atoms with Gasteiger partial charge in [0.15, 0.2) is 5.82 Å². The molecule has 0 amide bonds. The lowest BCUT2D eigenvalue weighted by atomic mass is 9.68. The first-order valence-corrected chi connectivity index (χ1v) is 11.5. The lowest BCUT2D eigenvalue weighted by molar-refractivity contribution is -0.212. The molecule has 9 heteroatoms. The Balaban J connectivity index is 1.34. The molecule has 6 nitrogen and oxygen atoms in total. The van der Waals surface area contributed by atoms with Gasteiger partial charge in [-0.3, -0.25) is 0 Å². The first-order valence-electron chi connectivity index (χ1n) is 11.5. The minimum absolute atomic E-state index is 0.0630. The van der Waals surface area contributed by atoms with Gasteiger partial charge in [0.2, 0.25) is 0 Å². The van der Waals surface area contributed by atoms with Crippen LogP contribution in [-0.2, 0) is 6.30 Å². The molecule has 2 saturated carbocycles. The van der Waals surface area contributed by atoms with Gasteiger partial charge in [0.05, 0.1) is 11.9 Å². The molecule has 2 heterocycles. The van der Waals surface area contributed by atoms with Crippen molar-refractivity contribution >= 4 is 5.82 Å². The first-order chi connectivity index (χ1) is 15.9. The summed E-state index contributed by atoms with van der Waals surface area (Å²) in [7, 11) is 2.07. The summed E-state index contributed by atoms with van der Waals surface area (Å²) in [6.07, 6.45) is 3.57. The minimum atomic E-state index is -4.59. The fraction of sp³-hybridized carbons (Fsp3) is 0.480. The monoisotopic (exact) mass is 471 g/mol. The maximum absolute atomic E-state index is 12.8. The predicted molar refractivity (Wildman–Crippen MR) is 123 cm³/mol. The van der Waals surface area contributed by atoms with Crippen LogP contribution in [0.4, 0.5) is 19.0 Å². The van der Waals surface area contributed by atoms with Crippen molar-refractivity contribution in [3.8, 4) is 28.1 Å². The van der Waals surface area contributed by atoms with Crippen LogP contribution in [0.15, 0.2) is 42.7 Å². The number of benzene rings is 1. The lowest BCUT2D eigenvalue weighted by Gasteiger charge is -2.44. The molecule has 3 atom stereocenters. The summed E-state index contributed by atoms with van der Waals surface area (Å²) in [4.78, 5) is 2.22. The Hall–Kier alpha value is -3.10. The van der Waals surface area contributed by atoms with Gasteiger partial charge in [-0.05, 0) is 72.8 Å². The van der Waals surface area contributed by atoms with Crippen LogP contribution in [0.2, 0.25) is 0 Å². The molecule has 1 unspecified atom stereocenters. The summed E-state index contributed by atoms with van der Waals surface area (Å²) >= 11 is 0. The Morgan fingerprint density at radius 3 is 2.29 bits per heavy atom. The second kappa shape index (κ2) is 7.71. The number of hydrogen-bond acceptors (Lipinski definition) is 5. The number of anilines is 1. The molecule has 5 rings (SSSR count). The van der Waals surface area contributed by atoms with Crippen LogP contribution in [0.25, 0.3) is 22.4 Å². The van der Waals surface area contributed by atoms with Crippen molar-refractivity contribution in [3.05, 3.63) is 42.7 Å². The van der Waals surface area contributed by atoms with Crippen molar-refractivity contribution in [2.24, 2.45) is 10.8 Å². The standard InChI is InChI=1S/C25H28F3N5O/c1-23-8-9-24(2,15-23)12-18(11-23)32(3)22-7-6-20(30-31-22)19-5-4-16(10-21(19)34)17-13-29-33(14-17)25(26,27)28/h4-7,10,13-14,18,34H,8-9,11-12,15H2,1-3H3/t18?,23-,24+. The average Bonchev–Trinajstić information content (AvgIpc) is 3.36. The summed E-state index contributed by atoms with van der Waals surface area (Å²) < 4.78 is 38.3. The van der Waals surface area contributed by atoms with E-state index in [9.17, 15) is 18.3 Å². The van der Waals surface area contributed by atoms with E-state index in [1.165, 1.54) is 25.3 Å².